The van der Waals surface area contributed by atoms with Crippen molar-refractivity contribution in [3.05, 3.63) is 47.5 Å². The number of carboxylic acids is 1. The summed E-state index contributed by atoms with van der Waals surface area (Å²) < 4.78 is 0. The summed E-state index contributed by atoms with van der Waals surface area (Å²) in [5.41, 5.74) is 1.23. The molecule has 1 aromatic rings. The van der Waals surface area contributed by atoms with Gasteiger partial charge in [0.2, 0.25) is 0 Å². The van der Waals surface area contributed by atoms with Crippen LogP contribution >= 0.6 is 0 Å². The van der Waals surface area contributed by atoms with Crippen LogP contribution in [0.4, 0.5) is 0 Å². The van der Waals surface area contributed by atoms with Crippen LogP contribution in [0.2, 0.25) is 0 Å². The zero-order valence-electron chi connectivity index (χ0n) is 9.31. The molecule has 3 nitrogen and oxygen atoms in total. The largest absolute Gasteiger partial charge is 0.481 e. The van der Waals surface area contributed by atoms with E-state index in [9.17, 15) is 9.59 Å². The highest BCUT2D eigenvalue weighted by Crippen LogP contribution is 2.24. The maximum atomic E-state index is 11.2. The van der Waals surface area contributed by atoms with E-state index >= 15 is 0 Å². The Kier molecular flexibility index (Phi) is 4.00. The maximum absolute atomic E-state index is 11.2. The van der Waals surface area contributed by atoms with Crippen LogP contribution in [0.15, 0.2) is 42.0 Å². The van der Waals surface area contributed by atoms with Gasteiger partial charge in [0.15, 0.2) is 5.78 Å². The second-order valence-corrected chi connectivity index (χ2v) is 3.68. The Labute approximate surface area is 94.4 Å². The number of carbonyl (C=O) groups is 2. The Morgan fingerprint density at radius 1 is 1.19 bits per heavy atom. The first-order valence-electron chi connectivity index (χ1n) is 4.99. The first kappa shape index (κ1) is 12.2. The van der Waals surface area contributed by atoms with Crippen molar-refractivity contribution in [2.45, 2.75) is 19.8 Å². The van der Waals surface area contributed by atoms with E-state index in [0.717, 1.165) is 0 Å². The van der Waals surface area contributed by atoms with Crippen molar-refractivity contribution >= 4 is 11.8 Å². The first-order valence-corrected chi connectivity index (χ1v) is 4.99. The van der Waals surface area contributed by atoms with Gasteiger partial charge < -0.3 is 5.11 Å². The summed E-state index contributed by atoms with van der Waals surface area (Å²) in [6.45, 7) is 3.07. The lowest BCUT2D eigenvalue weighted by Gasteiger charge is -2.12. The van der Waals surface area contributed by atoms with Gasteiger partial charge in [-0.1, -0.05) is 35.9 Å². The summed E-state index contributed by atoms with van der Waals surface area (Å²) >= 11 is 0. The molecular formula is C13H14O3. The molecule has 0 fully saturated rings. The Bertz CT molecular complexity index is 418. The quantitative estimate of drug-likeness (QED) is 0.789. The van der Waals surface area contributed by atoms with Gasteiger partial charge in [0.1, 0.15) is 5.92 Å². The Balaban J connectivity index is 3.11. The van der Waals surface area contributed by atoms with E-state index in [4.69, 9.17) is 5.11 Å². The van der Waals surface area contributed by atoms with Crippen molar-refractivity contribution in [2.24, 2.45) is 0 Å². The molecule has 0 amide bonds. The van der Waals surface area contributed by atoms with Gasteiger partial charge in [-0.15, -0.1) is 0 Å². The van der Waals surface area contributed by atoms with Crippen LogP contribution in [0.5, 0.6) is 0 Å². The molecule has 0 spiro atoms. The molecule has 1 N–H and O–H groups in total. The van der Waals surface area contributed by atoms with Crippen LogP contribution in [0.25, 0.3) is 0 Å². The van der Waals surface area contributed by atoms with Gasteiger partial charge in [-0.25, -0.2) is 0 Å². The van der Waals surface area contributed by atoms with E-state index in [1.54, 1.807) is 31.2 Å². The van der Waals surface area contributed by atoms with Gasteiger partial charge in [-0.2, -0.15) is 0 Å². The van der Waals surface area contributed by atoms with E-state index < -0.39 is 11.9 Å². The van der Waals surface area contributed by atoms with Crippen LogP contribution in [-0.4, -0.2) is 16.9 Å². The van der Waals surface area contributed by atoms with E-state index in [1.165, 1.54) is 13.0 Å². The molecule has 3 heteroatoms. The summed E-state index contributed by atoms with van der Waals surface area (Å²) in [7, 11) is 0. The lowest BCUT2D eigenvalue weighted by atomic mass is 9.91. The number of allylic oxidation sites excluding steroid dienone is 1. The number of carboxylic acid groups (broad SMARTS) is 1. The van der Waals surface area contributed by atoms with Crippen molar-refractivity contribution in [2.75, 3.05) is 0 Å². The molecule has 0 aliphatic heterocycles. The zero-order chi connectivity index (χ0) is 12.1. The van der Waals surface area contributed by atoms with Crippen LogP contribution in [0.3, 0.4) is 0 Å². The van der Waals surface area contributed by atoms with Crippen molar-refractivity contribution in [1.82, 2.24) is 0 Å². The molecule has 1 unspecified atom stereocenters. The summed E-state index contributed by atoms with van der Waals surface area (Å²) in [4.78, 5) is 22.1. The van der Waals surface area contributed by atoms with Gasteiger partial charge in [-0.3, -0.25) is 9.59 Å². The molecule has 0 aliphatic rings. The topological polar surface area (TPSA) is 54.4 Å². The molecule has 0 saturated carbocycles. The third-order valence-corrected chi connectivity index (χ3v) is 2.27. The molecule has 16 heavy (non-hydrogen) atoms. The molecule has 0 aromatic heterocycles. The fraction of sp³-hybridized carbons (Fsp3) is 0.231. The fourth-order valence-corrected chi connectivity index (χ4v) is 1.65. The highest BCUT2D eigenvalue weighted by atomic mass is 16.4. The van der Waals surface area contributed by atoms with Crippen LogP contribution < -0.4 is 0 Å². The third kappa shape index (κ3) is 3.05. The Morgan fingerprint density at radius 3 is 2.19 bits per heavy atom. The standard InChI is InChI=1S/C13H14O3/c1-9(8-10(2)14)12(13(15)16)11-6-4-3-5-7-11/h3-8,12H,1-2H3,(H,15,16). The van der Waals surface area contributed by atoms with Gasteiger partial charge in [0, 0.05) is 0 Å². The number of rotatable bonds is 4. The molecule has 0 radical (unpaired) electrons. The van der Waals surface area contributed by atoms with Gasteiger partial charge in [-0.05, 0) is 25.5 Å². The molecule has 1 rings (SSSR count). The predicted molar refractivity (Wildman–Crippen MR) is 61.3 cm³/mol. The molecule has 1 aromatic carbocycles. The maximum Gasteiger partial charge on any atom is 0.315 e. The Morgan fingerprint density at radius 2 is 1.75 bits per heavy atom. The second-order valence-electron chi connectivity index (χ2n) is 3.68. The highest BCUT2D eigenvalue weighted by molar-refractivity contribution is 5.90. The number of ketones is 1. The third-order valence-electron chi connectivity index (χ3n) is 2.27. The average Bonchev–Trinajstić information content (AvgIpc) is 2.17. The first-order chi connectivity index (χ1) is 7.52. The van der Waals surface area contributed by atoms with Crippen molar-refractivity contribution in [1.29, 1.82) is 0 Å². The molecular weight excluding hydrogens is 204 g/mol. The van der Waals surface area contributed by atoms with Crippen LogP contribution in [0.1, 0.15) is 25.3 Å². The summed E-state index contributed by atoms with van der Waals surface area (Å²) in [6, 6.07) is 8.89. The van der Waals surface area contributed by atoms with Crippen molar-refractivity contribution in [3.8, 4) is 0 Å². The lowest BCUT2D eigenvalue weighted by Crippen LogP contribution is -2.13. The monoisotopic (exact) mass is 218 g/mol. The minimum absolute atomic E-state index is 0.139. The average molecular weight is 218 g/mol. The molecule has 0 saturated heterocycles. The number of hydrogen-bond donors (Lipinski definition) is 1. The smallest absolute Gasteiger partial charge is 0.315 e. The number of aliphatic carboxylic acids is 1. The molecule has 0 aliphatic carbocycles. The van der Waals surface area contributed by atoms with Gasteiger partial charge in [0.25, 0.3) is 0 Å². The lowest BCUT2D eigenvalue weighted by molar-refractivity contribution is -0.137. The molecule has 0 bridgehead atoms. The number of carbonyl (C=O) groups excluding carboxylic acids is 1. The summed E-state index contributed by atoms with van der Waals surface area (Å²) in [6.07, 6.45) is 1.37. The van der Waals surface area contributed by atoms with Crippen molar-refractivity contribution in [3.63, 3.8) is 0 Å². The van der Waals surface area contributed by atoms with E-state index in [-0.39, 0.29) is 5.78 Å². The number of benzene rings is 1. The van der Waals surface area contributed by atoms with Crippen LogP contribution in [0, 0.1) is 0 Å². The van der Waals surface area contributed by atoms with Crippen molar-refractivity contribution < 1.29 is 14.7 Å². The normalized spacial score (nSPS) is 13.2. The van der Waals surface area contributed by atoms with Gasteiger partial charge >= 0.3 is 5.97 Å². The van der Waals surface area contributed by atoms with E-state index in [1.807, 2.05) is 6.07 Å². The Hall–Kier alpha value is -1.90. The second kappa shape index (κ2) is 5.26. The predicted octanol–water partition coefficient (Wildman–Crippen LogP) is 2.39. The van der Waals surface area contributed by atoms with Crippen LogP contribution in [-0.2, 0) is 9.59 Å². The SMILES string of the molecule is CC(=O)C=C(C)C(C(=O)O)c1ccccc1. The summed E-state index contributed by atoms with van der Waals surface area (Å²) in [5.74, 6) is -1.83. The van der Waals surface area contributed by atoms with Gasteiger partial charge in [0.05, 0.1) is 0 Å². The number of hydrogen-bond acceptors (Lipinski definition) is 2. The fourth-order valence-electron chi connectivity index (χ4n) is 1.65. The highest BCUT2D eigenvalue weighted by Gasteiger charge is 2.21. The molecule has 1 atom stereocenters. The zero-order valence-corrected chi connectivity index (χ0v) is 9.31. The van der Waals surface area contributed by atoms with E-state index in [2.05, 4.69) is 0 Å². The summed E-state index contributed by atoms with van der Waals surface area (Å²) in [5, 5.41) is 9.16. The van der Waals surface area contributed by atoms with E-state index in [0.29, 0.717) is 11.1 Å². The molecule has 0 heterocycles. The minimum Gasteiger partial charge on any atom is -0.481 e. The molecule has 84 valence electrons. The minimum atomic E-state index is -0.943.